The van der Waals surface area contributed by atoms with Crippen LogP contribution in [0.1, 0.15) is 59.8 Å². The molecule has 1 aromatic rings. The van der Waals surface area contributed by atoms with Gasteiger partial charge in [0.05, 0.1) is 29.5 Å². The minimum absolute atomic E-state index is 0.0400. The molecule has 1 heterocycles. The van der Waals surface area contributed by atoms with Crippen LogP contribution in [-0.2, 0) is 19.2 Å². The second-order valence-electron chi connectivity index (χ2n) is 12.5. The van der Waals surface area contributed by atoms with Gasteiger partial charge in [-0.2, -0.15) is 0 Å². The molecular formula is C31H47ClN4O8. The van der Waals surface area contributed by atoms with Crippen molar-refractivity contribution in [2.45, 2.75) is 89.6 Å². The number of nitrogens with zero attached hydrogens (tertiary/aromatic N) is 2. The summed E-state index contributed by atoms with van der Waals surface area (Å²) in [7, 11) is 0. The summed E-state index contributed by atoms with van der Waals surface area (Å²) in [6.07, 6.45) is 3.14. The Bertz CT molecular complexity index is 1150. The van der Waals surface area contributed by atoms with Crippen LogP contribution in [0.3, 0.4) is 0 Å². The van der Waals surface area contributed by atoms with E-state index in [1.165, 1.54) is 0 Å². The molecule has 2 aliphatic rings. The fourth-order valence-electron chi connectivity index (χ4n) is 5.40. The Morgan fingerprint density at radius 3 is 2.18 bits per heavy atom. The zero-order chi connectivity index (χ0) is 33.2. The normalized spacial score (nSPS) is 22.6. The molecule has 246 valence electrons. The highest BCUT2D eigenvalue weighted by Gasteiger charge is 2.40. The number of rotatable bonds is 11. The van der Waals surface area contributed by atoms with Gasteiger partial charge in [-0.25, -0.2) is 9.59 Å². The van der Waals surface area contributed by atoms with Crippen molar-refractivity contribution in [3.63, 3.8) is 0 Å². The highest BCUT2D eigenvalue weighted by atomic mass is 35.5. The van der Waals surface area contributed by atoms with Gasteiger partial charge in [0.2, 0.25) is 11.8 Å². The average molecular weight is 639 g/mol. The van der Waals surface area contributed by atoms with Gasteiger partial charge in [-0.3, -0.25) is 14.5 Å². The number of aliphatic hydroxyl groups excluding tert-OH is 2. The third-order valence-corrected chi connectivity index (χ3v) is 8.47. The number of carboxylic acids is 2. The highest BCUT2D eigenvalue weighted by molar-refractivity contribution is 6.33. The Labute approximate surface area is 263 Å². The summed E-state index contributed by atoms with van der Waals surface area (Å²) in [6, 6.07) is 6.77. The lowest BCUT2D eigenvalue weighted by Crippen LogP contribution is -2.64. The number of aliphatic carboxylic acids is 2. The van der Waals surface area contributed by atoms with Crippen LogP contribution in [0, 0.1) is 11.8 Å². The lowest BCUT2D eigenvalue weighted by atomic mass is 9.86. The van der Waals surface area contributed by atoms with Gasteiger partial charge in [-0.05, 0) is 64.0 Å². The van der Waals surface area contributed by atoms with Crippen LogP contribution in [0.4, 0.5) is 5.69 Å². The van der Waals surface area contributed by atoms with E-state index in [2.05, 4.69) is 5.32 Å². The fourth-order valence-corrected chi connectivity index (χ4v) is 5.64. The van der Waals surface area contributed by atoms with Crippen LogP contribution >= 0.6 is 11.6 Å². The maximum atomic E-state index is 13.0. The lowest BCUT2D eigenvalue weighted by molar-refractivity contribution is -0.134. The third kappa shape index (κ3) is 11.5. The number of aliphatic hydroxyl groups is 2. The minimum atomic E-state index is -1.26. The Balaban J connectivity index is 0.000000742. The summed E-state index contributed by atoms with van der Waals surface area (Å²) in [5.74, 6) is -2.98. The molecule has 0 spiro atoms. The second-order valence-corrected chi connectivity index (χ2v) is 12.9. The number of piperazine rings is 1. The molecule has 2 amide bonds. The smallest absolute Gasteiger partial charge is 0.328 e. The molecule has 3 rings (SSSR count). The van der Waals surface area contributed by atoms with E-state index in [4.69, 9.17) is 27.5 Å². The van der Waals surface area contributed by atoms with Crippen molar-refractivity contribution < 1.29 is 39.6 Å². The minimum Gasteiger partial charge on any atom is -0.478 e. The molecule has 1 aliphatic heterocycles. The number of carbonyl (C=O) groups excluding carboxylic acids is 2. The largest absolute Gasteiger partial charge is 0.478 e. The van der Waals surface area contributed by atoms with E-state index in [9.17, 15) is 29.4 Å². The van der Waals surface area contributed by atoms with E-state index < -0.39 is 24.1 Å². The van der Waals surface area contributed by atoms with E-state index in [1.807, 2.05) is 50.8 Å². The van der Waals surface area contributed by atoms with Crippen molar-refractivity contribution in [3.05, 3.63) is 41.4 Å². The predicted molar refractivity (Wildman–Crippen MR) is 167 cm³/mol. The molecule has 13 heteroatoms. The summed E-state index contributed by atoms with van der Waals surface area (Å²) in [6.45, 7) is 9.00. The van der Waals surface area contributed by atoms with E-state index in [0.29, 0.717) is 48.8 Å². The number of amides is 2. The maximum absolute atomic E-state index is 13.0. The second kappa shape index (κ2) is 16.9. The molecule has 12 nitrogen and oxygen atoms in total. The van der Waals surface area contributed by atoms with Crippen molar-refractivity contribution in [1.29, 1.82) is 0 Å². The van der Waals surface area contributed by atoms with Crippen LogP contribution in [-0.4, -0.2) is 98.5 Å². The van der Waals surface area contributed by atoms with Crippen LogP contribution in [0.2, 0.25) is 5.02 Å². The molecule has 44 heavy (non-hydrogen) atoms. The number of carboxylic acid groups (broad SMARTS) is 2. The quantitative estimate of drug-likeness (QED) is 0.196. The Morgan fingerprint density at radius 2 is 1.66 bits per heavy atom. The summed E-state index contributed by atoms with van der Waals surface area (Å²) in [4.78, 5) is 48.9. The number of carbonyl (C=O) groups is 4. The standard InChI is InChI=1S/C27H43ClN4O4.C4H4O4/c1-17(2)20(26(36)30-18-9-11-19(33)12-10-18)13-24(34)22(29)14-31-15-25(35)32(16-27(31,3)4)23-8-6-5-7-21(23)28;5-3(6)1-2-4(7)8/h5-8,17-20,22,24,33-34H,9-16,29H2,1-4H3,(H,30,36);1-2H,(H,5,6)(H,7,8)/b;2-1+/t18-,19-,20-,22-,24-;/m0./s1. The number of nitrogens with one attached hydrogen (secondary N) is 1. The molecule has 0 radical (unpaired) electrons. The summed E-state index contributed by atoms with van der Waals surface area (Å²) >= 11 is 6.34. The first-order valence-corrected chi connectivity index (χ1v) is 15.3. The number of nitrogens with two attached hydrogens (primary N) is 1. The predicted octanol–water partition coefficient (Wildman–Crippen LogP) is 2.25. The molecule has 0 bridgehead atoms. The van der Waals surface area contributed by atoms with E-state index in [-0.39, 0.29) is 54.3 Å². The first kappa shape index (κ1) is 37.2. The molecule has 1 aliphatic carbocycles. The van der Waals surface area contributed by atoms with Gasteiger partial charge in [-0.1, -0.05) is 37.6 Å². The van der Waals surface area contributed by atoms with Gasteiger partial charge >= 0.3 is 11.9 Å². The average Bonchev–Trinajstić information content (AvgIpc) is 2.94. The maximum Gasteiger partial charge on any atom is 0.328 e. The monoisotopic (exact) mass is 638 g/mol. The van der Waals surface area contributed by atoms with Gasteiger partial charge in [0, 0.05) is 48.8 Å². The fraction of sp³-hybridized carbons (Fsp3) is 0.613. The Morgan fingerprint density at radius 1 is 1.09 bits per heavy atom. The molecule has 1 aromatic carbocycles. The van der Waals surface area contributed by atoms with Crippen molar-refractivity contribution in [1.82, 2.24) is 10.2 Å². The zero-order valence-corrected chi connectivity index (χ0v) is 26.6. The molecule has 0 aromatic heterocycles. The third-order valence-electron chi connectivity index (χ3n) is 8.15. The van der Waals surface area contributed by atoms with Gasteiger partial charge < -0.3 is 36.4 Å². The van der Waals surface area contributed by atoms with Gasteiger partial charge in [0.25, 0.3) is 0 Å². The van der Waals surface area contributed by atoms with Crippen molar-refractivity contribution in [3.8, 4) is 0 Å². The Kier molecular flexibility index (Phi) is 14.3. The topological polar surface area (TPSA) is 194 Å². The zero-order valence-electron chi connectivity index (χ0n) is 25.9. The molecule has 1 saturated heterocycles. The number of para-hydroxylation sites is 1. The van der Waals surface area contributed by atoms with Crippen LogP contribution in [0.25, 0.3) is 0 Å². The summed E-state index contributed by atoms with van der Waals surface area (Å²) in [5.41, 5.74) is 6.75. The molecule has 0 unspecified atom stereocenters. The molecule has 2 fully saturated rings. The van der Waals surface area contributed by atoms with Crippen LogP contribution < -0.4 is 16.0 Å². The number of benzene rings is 1. The lowest BCUT2D eigenvalue weighted by Gasteiger charge is -2.48. The SMILES string of the molecule is CC(C)[C@H](C[C@H](O)[C@@H](N)CN1CC(=O)N(c2ccccc2Cl)CC1(C)C)C(=O)N[C@H]1CC[C@H](O)CC1.O=C(O)/C=C/C(=O)O. The molecule has 3 atom stereocenters. The van der Waals surface area contributed by atoms with Gasteiger partial charge in [-0.15, -0.1) is 0 Å². The first-order chi connectivity index (χ1) is 20.5. The number of hydrogen-bond donors (Lipinski definition) is 6. The number of halogens is 1. The van der Waals surface area contributed by atoms with Crippen LogP contribution in [0.15, 0.2) is 36.4 Å². The number of anilines is 1. The van der Waals surface area contributed by atoms with E-state index >= 15 is 0 Å². The van der Waals surface area contributed by atoms with Crippen molar-refractivity contribution in [2.24, 2.45) is 17.6 Å². The highest BCUT2D eigenvalue weighted by Crippen LogP contribution is 2.31. The van der Waals surface area contributed by atoms with E-state index in [1.54, 1.807) is 11.0 Å². The van der Waals surface area contributed by atoms with Crippen LogP contribution in [0.5, 0.6) is 0 Å². The number of hydrogen-bond acceptors (Lipinski definition) is 8. The van der Waals surface area contributed by atoms with Gasteiger partial charge in [0.15, 0.2) is 0 Å². The molecule has 1 saturated carbocycles. The first-order valence-electron chi connectivity index (χ1n) is 14.9. The summed E-state index contributed by atoms with van der Waals surface area (Å²) < 4.78 is 0. The molecule has 7 N–H and O–H groups in total. The van der Waals surface area contributed by atoms with E-state index in [0.717, 1.165) is 12.8 Å². The molecular weight excluding hydrogens is 592 g/mol. The van der Waals surface area contributed by atoms with Crippen molar-refractivity contribution >= 4 is 41.0 Å². The van der Waals surface area contributed by atoms with Crippen molar-refractivity contribution in [2.75, 3.05) is 24.5 Å². The Hall–Kier alpha value is -3.03. The summed E-state index contributed by atoms with van der Waals surface area (Å²) in [5, 5.41) is 40.0. The van der Waals surface area contributed by atoms with Gasteiger partial charge in [0.1, 0.15) is 0 Å².